The molecular weight excluding hydrogens is 272 g/mol. The third-order valence-electron chi connectivity index (χ3n) is 1.65. The van der Waals surface area contributed by atoms with Crippen LogP contribution in [0.2, 0.25) is 0 Å². The van der Waals surface area contributed by atoms with Crippen LogP contribution >= 0.6 is 35.1 Å². The van der Waals surface area contributed by atoms with Gasteiger partial charge in [-0.2, -0.15) is 0 Å². The number of carbonyl (C=O) groups is 2. The average molecular weight is 283 g/mol. The summed E-state index contributed by atoms with van der Waals surface area (Å²) in [6.45, 7) is 0. The molecule has 1 aliphatic rings. The molecular formula is C8H11ClN2O3S2. The number of nitrogens with one attached hydrogen (secondary N) is 1. The molecule has 16 heavy (non-hydrogen) atoms. The lowest BCUT2D eigenvalue weighted by Gasteiger charge is -2.16. The fourth-order valence-electron chi connectivity index (χ4n) is 0.776. The minimum absolute atomic E-state index is 0.251. The van der Waals surface area contributed by atoms with Crippen LogP contribution in [-0.2, 0) is 9.63 Å². The van der Waals surface area contributed by atoms with Gasteiger partial charge in [0, 0.05) is 24.0 Å². The molecule has 0 bridgehead atoms. The Morgan fingerprint density at radius 3 is 2.94 bits per heavy atom. The molecule has 1 rings (SSSR count). The molecule has 0 saturated heterocycles. The summed E-state index contributed by atoms with van der Waals surface area (Å²) in [5, 5.41) is 2.63. The quantitative estimate of drug-likeness (QED) is 0.627. The van der Waals surface area contributed by atoms with Crippen molar-refractivity contribution in [3.8, 4) is 0 Å². The van der Waals surface area contributed by atoms with E-state index in [1.165, 1.54) is 7.05 Å². The van der Waals surface area contributed by atoms with Crippen molar-refractivity contribution in [2.75, 3.05) is 24.4 Å². The van der Waals surface area contributed by atoms with Crippen LogP contribution in [0.1, 0.15) is 0 Å². The van der Waals surface area contributed by atoms with E-state index in [1.807, 2.05) is 5.41 Å². The van der Waals surface area contributed by atoms with E-state index in [0.717, 1.165) is 21.4 Å². The van der Waals surface area contributed by atoms with Crippen LogP contribution in [0.15, 0.2) is 10.4 Å². The summed E-state index contributed by atoms with van der Waals surface area (Å²) < 4.78 is 0. The van der Waals surface area contributed by atoms with Crippen molar-refractivity contribution in [1.29, 1.82) is 0 Å². The summed E-state index contributed by atoms with van der Waals surface area (Å²) in [5.74, 6) is 1.23. The third-order valence-corrected chi connectivity index (χ3v) is 4.05. The summed E-state index contributed by atoms with van der Waals surface area (Å²) in [6.07, 6.45) is -0.775. The molecule has 0 aromatic heterocycles. The van der Waals surface area contributed by atoms with Gasteiger partial charge in [0.15, 0.2) is 0 Å². The van der Waals surface area contributed by atoms with Gasteiger partial charge < -0.3 is 4.84 Å². The van der Waals surface area contributed by atoms with Gasteiger partial charge in [0.2, 0.25) is 5.91 Å². The molecule has 1 N–H and O–H groups in total. The van der Waals surface area contributed by atoms with Crippen LogP contribution in [-0.4, -0.2) is 41.3 Å². The summed E-state index contributed by atoms with van der Waals surface area (Å²) in [5.41, 5.74) is 2.50. The Morgan fingerprint density at radius 2 is 2.38 bits per heavy atom. The van der Waals surface area contributed by atoms with Gasteiger partial charge in [-0.3, -0.25) is 4.79 Å². The van der Waals surface area contributed by atoms with Gasteiger partial charge >= 0.3 is 6.09 Å². The number of amides is 2. The lowest BCUT2D eigenvalue weighted by Crippen LogP contribution is -2.37. The number of carbonyl (C=O) groups excluding carboxylic acids is 2. The molecule has 2 amide bonds. The first-order valence-corrected chi connectivity index (χ1v) is 6.96. The molecule has 0 spiro atoms. The molecule has 0 atom stereocenters. The molecule has 8 heteroatoms. The number of hydrogen-bond donors (Lipinski definition) is 1. The van der Waals surface area contributed by atoms with Crippen molar-refractivity contribution in [2.24, 2.45) is 0 Å². The van der Waals surface area contributed by atoms with Gasteiger partial charge in [-0.15, -0.1) is 35.1 Å². The first kappa shape index (κ1) is 13.5. The van der Waals surface area contributed by atoms with Gasteiger partial charge in [-0.1, -0.05) is 0 Å². The van der Waals surface area contributed by atoms with E-state index in [-0.39, 0.29) is 5.88 Å². The van der Waals surface area contributed by atoms with E-state index >= 15 is 0 Å². The lowest BCUT2D eigenvalue weighted by molar-refractivity contribution is -0.126. The van der Waals surface area contributed by atoms with Crippen LogP contribution in [0.3, 0.4) is 0 Å². The molecule has 0 aliphatic carbocycles. The highest BCUT2D eigenvalue weighted by Gasteiger charge is 2.18. The van der Waals surface area contributed by atoms with E-state index in [2.05, 4.69) is 5.48 Å². The minimum atomic E-state index is -0.775. The Balaban J connectivity index is 2.34. The number of imide groups is 1. The van der Waals surface area contributed by atoms with E-state index < -0.39 is 12.0 Å². The molecule has 0 radical (unpaired) electrons. The van der Waals surface area contributed by atoms with E-state index in [4.69, 9.17) is 16.4 Å². The smallest absolute Gasteiger partial charge is 0.323 e. The number of nitrogens with zero attached hydrogens (tertiary/aromatic N) is 1. The van der Waals surface area contributed by atoms with Crippen LogP contribution < -0.4 is 5.48 Å². The second-order valence-electron chi connectivity index (χ2n) is 2.76. The molecule has 5 nitrogen and oxygen atoms in total. The Labute approximate surface area is 107 Å². The molecule has 0 unspecified atom stereocenters. The van der Waals surface area contributed by atoms with Gasteiger partial charge in [-0.25, -0.2) is 15.2 Å². The van der Waals surface area contributed by atoms with Crippen molar-refractivity contribution >= 4 is 47.1 Å². The predicted molar refractivity (Wildman–Crippen MR) is 66.1 cm³/mol. The van der Waals surface area contributed by atoms with Crippen molar-refractivity contribution < 1.29 is 14.4 Å². The topological polar surface area (TPSA) is 58.6 Å². The number of thioether (sulfide) groups is 2. The number of alkyl halides is 1. The van der Waals surface area contributed by atoms with E-state index in [0.29, 0.717) is 0 Å². The van der Waals surface area contributed by atoms with E-state index in [9.17, 15) is 9.59 Å². The normalized spacial score (nSPS) is 15.0. The number of rotatable bonds is 3. The maximum absolute atomic E-state index is 11.3. The van der Waals surface area contributed by atoms with Crippen molar-refractivity contribution in [2.45, 2.75) is 0 Å². The highest BCUT2D eigenvalue weighted by atomic mass is 35.5. The van der Waals surface area contributed by atoms with E-state index in [1.54, 1.807) is 23.5 Å². The van der Waals surface area contributed by atoms with Gasteiger partial charge in [0.25, 0.3) is 0 Å². The summed E-state index contributed by atoms with van der Waals surface area (Å²) in [6, 6.07) is 0. The molecule has 0 aromatic carbocycles. The second kappa shape index (κ2) is 6.93. The standard InChI is InChI=1S/C8H11ClN2O3S2/c1-11(7(12)4-9)8(13)14-10-6-5-15-2-3-16-6/h5,10H,2-4H2,1H3. The monoisotopic (exact) mass is 282 g/mol. The Morgan fingerprint density at radius 1 is 1.62 bits per heavy atom. The molecule has 90 valence electrons. The molecule has 1 heterocycles. The summed E-state index contributed by atoms with van der Waals surface area (Å²) >= 11 is 8.49. The number of hydrogen-bond acceptors (Lipinski definition) is 6. The fourth-order valence-corrected chi connectivity index (χ4v) is 2.79. The highest BCUT2D eigenvalue weighted by Crippen LogP contribution is 2.24. The Hall–Kier alpha value is -0.530. The third kappa shape index (κ3) is 4.15. The maximum Gasteiger partial charge on any atom is 0.440 e. The van der Waals surface area contributed by atoms with Crippen LogP contribution in [0, 0.1) is 0 Å². The SMILES string of the molecule is CN(C(=O)CCl)C(=O)ONC1=CSCCS1. The first-order chi connectivity index (χ1) is 7.65. The maximum atomic E-state index is 11.3. The fraction of sp³-hybridized carbons (Fsp3) is 0.500. The van der Waals surface area contributed by atoms with Crippen molar-refractivity contribution in [1.82, 2.24) is 10.4 Å². The Kier molecular flexibility index (Phi) is 5.86. The summed E-state index contributed by atoms with van der Waals surface area (Å²) in [4.78, 5) is 27.9. The summed E-state index contributed by atoms with van der Waals surface area (Å²) in [7, 11) is 1.31. The predicted octanol–water partition coefficient (Wildman–Crippen LogP) is 1.60. The second-order valence-corrected chi connectivity index (χ2v) is 5.14. The van der Waals surface area contributed by atoms with Crippen LogP contribution in [0.4, 0.5) is 4.79 Å². The Bertz CT molecular complexity index is 312. The number of halogens is 1. The zero-order chi connectivity index (χ0) is 12.0. The minimum Gasteiger partial charge on any atom is -0.323 e. The lowest BCUT2D eigenvalue weighted by atomic mass is 10.6. The zero-order valence-electron chi connectivity index (χ0n) is 8.57. The first-order valence-electron chi connectivity index (χ1n) is 4.39. The zero-order valence-corrected chi connectivity index (χ0v) is 11.0. The van der Waals surface area contributed by atoms with Crippen LogP contribution in [0.5, 0.6) is 0 Å². The highest BCUT2D eigenvalue weighted by molar-refractivity contribution is 8.09. The molecule has 0 saturated carbocycles. The average Bonchev–Trinajstić information content (AvgIpc) is 2.35. The molecule has 0 aromatic rings. The van der Waals surface area contributed by atoms with Crippen molar-refractivity contribution in [3.63, 3.8) is 0 Å². The van der Waals surface area contributed by atoms with Gasteiger partial charge in [0.05, 0.1) is 0 Å². The van der Waals surface area contributed by atoms with Crippen molar-refractivity contribution in [3.05, 3.63) is 10.4 Å². The van der Waals surface area contributed by atoms with Gasteiger partial charge in [-0.05, 0) is 0 Å². The molecule has 0 fully saturated rings. The van der Waals surface area contributed by atoms with Gasteiger partial charge in [0.1, 0.15) is 10.9 Å². The van der Waals surface area contributed by atoms with Crippen LogP contribution in [0.25, 0.3) is 0 Å². The molecule has 1 aliphatic heterocycles. The number of hydroxylamine groups is 1. The largest absolute Gasteiger partial charge is 0.440 e.